The molecule has 3 aromatic rings. The van der Waals surface area contributed by atoms with Crippen molar-refractivity contribution in [2.45, 2.75) is 12.8 Å². The fourth-order valence-corrected chi connectivity index (χ4v) is 3.53. The molecule has 2 aromatic heterocycles. The number of H-pyrrole nitrogens is 2. The molecule has 3 N–H and O–H groups in total. The summed E-state index contributed by atoms with van der Waals surface area (Å²) in [6, 6.07) is 5.70. The molecule has 28 heavy (non-hydrogen) atoms. The van der Waals surface area contributed by atoms with Crippen LogP contribution in [0.5, 0.6) is 0 Å². The summed E-state index contributed by atoms with van der Waals surface area (Å²) in [4.78, 5) is 31.4. The highest BCUT2D eigenvalue weighted by Crippen LogP contribution is 2.26. The zero-order valence-corrected chi connectivity index (χ0v) is 15.4. The number of aromatic amines is 2. The first-order valence-corrected chi connectivity index (χ1v) is 9.28. The van der Waals surface area contributed by atoms with E-state index in [9.17, 15) is 9.59 Å². The number of fused-ring (bicyclic) bond motifs is 3. The van der Waals surface area contributed by atoms with Gasteiger partial charge in [0.05, 0.1) is 19.8 Å². The highest BCUT2D eigenvalue weighted by atomic mass is 16.5. The van der Waals surface area contributed by atoms with E-state index >= 15 is 0 Å². The van der Waals surface area contributed by atoms with Crippen molar-refractivity contribution in [1.82, 2.24) is 14.9 Å². The first kappa shape index (κ1) is 18.3. The molecule has 0 atom stereocenters. The molecular formula is C21H21N3O4. The quantitative estimate of drug-likeness (QED) is 0.600. The van der Waals surface area contributed by atoms with E-state index in [4.69, 9.17) is 9.84 Å². The molecular weight excluding hydrogens is 358 g/mol. The van der Waals surface area contributed by atoms with Gasteiger partial charge in [-0.05, 0) is 30.2 Å². The Balaban J connectivity index is 1.70. The maximum atomic E-state index is 12.3. The summed E-state index contributed by atoms with van der Waals surface area (Å²) in [5.74, 6) is 5.54. The number of aliphatic carboxylic acids is 1. The van der Waals surface area contributed by atoms with Crippen molar-refractivity contribution >= 4 is 27.8 Å². The largest absolute Gasteiger partial charge is 0.481 e. The second kappa shape index (κ2) is 7.89. The summed E-state index contributed by atoms with van der Waals surface area (Å²) >= 11 is 0. The lowest BCUT2D eigenvalue weighted by molar-refractivity contribution is -0.136. The second-order valence-electron chi connectivity index (χ2n) is 6.86. The Morgan fingerprint density at radius 1 is 1.29 bits per heavy atom. The lowest BCUT2D eigenvalue weighted by Crippen LogP contribution is -2.36. The Morgan fingerprint density at radius 3 is 2.89 bits per heavy atom. The van der Waals surface area contributed by atoms with Gasteiger partial charge in [-0.3, -0.25) is 14.5 Å². The van der Waals surface area contributed by atoms with Gasteiger partial charge in [-0.1, -0.05) is 11.8 Å². The van der Waals surface area contributed by atoms with E-state index in [0.29, 0.717) is 24.0 Å². The molecule has 144 valence electrons. The molecule has 4 rings (SSSR count). The molecule has 1 fully saturated rings. The number of morpholine rings is 1. The summed E-state index contributed by atoms with van der Waals surface area (Å²) < 4.78 is 5.34. The number of nitrogens with zero attached hydrogens (tertiary/aromatic N) is 1. The third-order valence-corrected chi connectivity index (χ3v) is 4.97. The van der Waals surface area contributed by atoms with E-state index in [2.05, 4.69) is 26.7 Å². The predicted molar refractivity (Wildman–Crippen MR) is 107 cm³/mol. The molecule has 0 amide bonds. The number of nitrogens with one attached hydrogen (secondary N) is 2. The first-order valence-electron chi connectivity index (χ1n) is 9.28. The molecule has 1 aliphatic rings. The topological polar surface area (TPSA) is 98.4 Å². The molecule has 0 aliphatic carbocycles. The average Bonchev–Trinajstić information content (AvgIpc) is 3.13. The van der Waals surface area contributed by atoms with Gasteiger partial charge in [0, 0.05) is 47.6 Å². The van der Waals surface area contributed by atoms with E-state index in [1.807, 2.05) is 18.2 Å². The van der Waals surface area contributed by atoms with Crippen LogP contribution in [0, 0.1) is 11.8 Å². The molecule has 0 saturated carbocycles. The van der Waals surface area contributed by atoms with Gasteiger partial charge in [0.25, 0.3) is 5.56 Å². The van der Waals surface area contributed by atoms with E-state index in [1.54, 1.807) is 6.20 Å². The Labute approximate surface area is 161 Å². The van der Waals surface area contributed by atoms with Gasteiger partial charge in [-0.25, -0.2) is 0 Å². The number of aromatic nitrogens is 2. The molecule has 0 spiro atoms. The second-order valence-corrected chi connectivity index (χ2v) is 6.86. The zero-order valence-electron chi connectivity index (χ0n) is 15.4. The SMILES string of the molecule is O=C(O)CCc1c[nH]c2c(=O)[nH]c3ccc(C#CCN4CCOCC4)cc3c12. The Hall–Kier alpha value is -3.08. The van der Waals surface area contributed by atoms with Crippen LogP contribution in [0.2, 0.25) is 0 Å². The molecule has 0 radical (unpaired) electrons. The number of ether oxygens (including phenoxy) is 1. The first-order chi connectivity index (χ1) is 13.6. The van der Waals surface area contributed by atoms with Crippen LogP contribution in [0.4, 0.5) is 0 Å². The van der Waals surface area contributed by atoms with Crippen molar-refractivity contribution < 1.29 is 14.6 Å². The highest BCUT2D eigenvalue weighted by molar-refractivity contribution is 6.06. The zero-order chi connectivity index (χ0) is 19.5. The van der Waals surface area contributed by atoms with Crippen LogP contribution in [-0.4, -0.2) is 58.8 Å². The number of carbonyl (C=O) groups is 1. The number of carboxylic acid groups (broad SMARTS) is 1. The molecule has 0 unspecified atom stereocenters. The number of rotatable bonds is 4. The Morgan fingerprint density at radius 2 is 2.11 bits per heavy atom. The normalized spacial score (nSPS) is 14.9. The van der Waals surface area contributed by atoms with Gasteiger partial charge < -0.3 is 19.8 Å². The van der Waals surface area contributed by atoms with Gasteiger partial charge in [-0.15, -0.1) is 0 Å². The van der Waals surface area contributed by atoms with Gasteiger partial charge in [0.1, 0.15) is 5.52 Å². The molecule has 7 nitrogen and oxygen atoms in total. The lowest BCUT2D eigenvalue weighted by Gasteiger charge is -2.24. The molecule has 3 heterocycles. The maximum absolute atomic E-state index is 12.3. The fourth-order valence-electron chi connectivity index (χ4n) is 3.53. The Bertz CT molecular complexity index is 1140. The minimum absolute atomic E-state index is 0.0142. The predicted octanol–water partition coefficient (Wildman–Crippen LogP) is 1.71. The minimum Gasteiger partial charge on any atom is -0.481 e. The third-order valence-electron chi connectivity index (χ3n) is 4.97. The molecule has 7 heteroatoms. The molecule has 1 aliphatic heterocycles. The van der Waals surface area contributed by atoms with E-state index in [-0.39, 0.29) is 12.0 Å². The summed E-state index contributed by atoms with van der Waals surface area (Å²) in [5, 5.41) is 10.6. The summed E-state index contributed by atoms with van der Waals surface area (Å²) in [6.07, 6.45) is 2.10. The van der Waals surface area contributed by atoms with Crippen LogP contribution in [0.15, 0.2) is 29.2 Å². The maximum Gasteiger partial charge on any atom is 0.303 e. The van der Waals surface area contributed by atoms with Crippen LogP contribution in [0.25, 0.3) is 21.8 Å². The van der Waals surface area contributed by atoms with E-state index in [0.717, 1.165) is 48.2 Å². The van der Waals surface area contributed by atoms with Gasteiger partial charge >= 0.3 is 5.97 Å². The average molecular weight is 379 g/mol. The number of aryl methyl sites for hydroxylation is 1. The lowest BCUT2D eigenvalue weighted by atomic mass is 10.0. The summed E-state index contributed by atoms with van der Waals surface area (Å²) in [7, 11) is 0. The molecule has 0 bridgehead atoms. The van der Waals surface area contributed by atoms with Crippen LogP contribution >= 0.6 is 0 Å². The fraction of sp³-hybridized carbons (Fsp3) is 0.333. The van der Waals surface area contributed by atoms with Gasteiger partial charge in [0.15, 0.2) is 0 Å². The molecule has 1 aromatic carbocycles. The highest BCUT2D eigenvalue weighted by Gasteiger charge is 2.13. The van der Waals surface area contributed by atoms with Gasteiger partial charge in [-0.2, -0.15) is 0 Å². The smallest absolute Gasteiger partial charge is 0.303 e. The Kier molecular flexibility index (Phi) is 5.15. The van der Waals surface area contributed by atoms with E-state index < -0.39 is 5.97 Å². The van der Waals surface area contributed by atoms with Crippen LogP contribution < -0.4 is 5.56 Å². The van der Waals surface area contributed by atoms with Crippen molar-refractivity contribution in [3.8, 4) is 11.8 Å². The van der Waals surface area contributed by atoms with Crippen molar-refractivity contribution in [2.24, 2.45) is 0 Å². The van der Waals surface area contributed by atoms with Gasteiger partial charge in [0.2, 0.25) is 0 Å². The van der Waals surface area contributed by atoms with Crippen LogP contribution in [0.3, 0.4) is 0 Å². The van der Waals surface area contributed by atoms with Crippen molar-refractivity contribution in [1.29, 1.82) is 0 Å². The monoisotopic (exact) mass is 379 g/mol. The number of benzene rings is 1. The minimum atomic E-state index is -0.863. The standard InChI is InChI=1S/C21H21N3O4/c25-18(26)6-4-15-13-22-20-19(15)16-12-14(3-5-17(16)23-21(20)27)2-1-7-24-8-10-28-11-9-24/h3,5,12-13,22H,4,6-11H2,(H,23,27)(H,25,26). The number of hydrogen-bond donors (Lipinski definition) is 3. The van der Waals surface area contributed by atoms with Crippen molar-refractivity contribution in [3.63, 3.8) is 0 Å². The summed E-state index contributed by atoms with van der Waals surface area (Å²) in [6.45, 7) is 3.97. The van der Waals surface area contributed by atoms with Crippen molar-refractivity contribution in [3.05, 3.63) is 45.9 Å². The van der Waals surface area contributed by atoms with Crippen LogP contribution in [-0.2, 0) is 16.0 Å². The molecule has 1 saturated heterocycles. The summed E-state index contributed by atoms with van der Waals surface area (Å²) in [5.41, 5.74) is 2.65. The third kappa shape index (κ3) is 3.79. The number of hydrogen-bond acceptors (Lipinski definition) is 4. The van der Waals surface area contributed by atoms with Crippen LogP contribution in [0.1, 0.15) is 17.5 Å². The number of pyridine rings is 1. The number of carboxylic acids is 1. The van der Waals surface area contributed by atoms with Crippen molar-refractivity contribution in [2.75, 3.05) is 32.8 Å². The van der Waals surface area contributed by atoms with E-state index in [1.165, 1.54) is 0 Å².